The van der Waals surface area contributed by atoms with Crippen LogP contribution in [0.1, 0.15) is 30.2 Å². The topological polar surface area (TPSA) is 91.8 Å². The van der Waals surface area contributed by atoms with Crippen LogP contribution in [0.5, 0.6) is 0 Å². The number of ether oxygens (including phenoxy) is 1. The normalized spacial score (nSPS) is 16.1. The molecule has 0 spiro atoms. The molecule has 1 aliphatic rings. The summed E-state index contributed by atoms with van der Waals surface area (Å²) in [7, 11) is 0. The van der Waals surface area contributed by atoms with E-state index in [0.717, 1.165) is 11.3 Å². The van der Waals surface area contributed by atoms with E-state index < -0.39 is 0 Å². The molecular formula is C18H18N4O2. The van der Waals surface area contributed by atoms with E-state index >= 15 is 0 Å². The van der Waals surface area contributed by atoms with Gasteiger partial charge in [-0.05, 0) is 37.5 Å². The fourth-order valence-corrected chi connectivity index (χ4v) is 3.05. The van der Waals surface area contributed by atoms with Gasteiger partial charge in [0.15, 0.2) is 5.49 Å². The van der Waals surface area contributed by atoms with Crippen molar-refractivity contribution in [2.75, 3.05) is 6.61 Å². The lowest BCUT2D eigenvalue weighted by molar-refractivity contribution is -0.148. The molecule has 1 heterocycles. The number of aromatic nitrogens is 2. The molecule has 24 heavy (non-hydrogen) atoms. The van der Waals surface area contributed by atoms with Gasteiger partial charge >= 0.3 is 5.97 Å². The van der Waals surface area contributed by atoms with Crippen LogP contribution in [-0.4, -0.2) is 22.4 Å². The highest BCUT2D eigenvalue weighted by Gasteiger charge is 2.29. The molecule has 0 saturated heterocycles. The van der Waals surface area contributed by atoms with Crippen LogP contribution in [0.3, 0.4) is 0 Å². The second kappa shape index (κ2) is 6.67. The predicted molar refractivity (Wildman–Crippen MR) is 86.3 cm³/mol. The molecule has 0 aliphatic heterocycles. The molecule has 0 bridgehead atoms. The predicted octanol–water partition coefficient (Wildman–Crippen LogP) is 1.89. The van der Waals surface area contributed by atoms with Crippen LogP contribution in [-0.2, 0) is 22.4 Å². The van der Waals surface area contributed by atoms with Gasteiger partial charge in [-0.3, -0.25) is 10.2 Å². The number of rotatable bonds is 3. The maximum absolute atomic E-state index is 12.0. The lowest BCUT2D eigenvalue weighted by Gasteiger charge is -2.24. The average molecular weight is 322 g/mol. The van der Waals surface area contributed by atoms with Crippen LogP contribution in [0, 0.1) is 22.7 Å². The first kappa shape index (κ1) is 15.9. The molecule has 0 saturated carbocycles. The number of carbonyl (C=O) groups excluding carboxylic acids is 1. The number of nitrogens with zero attached hydrogens (tertiary/aromatic N) is 3. The van der Waals surface area contributed by atoms with Gasteiger partial charge in [-0.15, -0.1) is 0 Å². The van der Waals surface area contributed by atoms with Crippen LogP contribution < -0.4 is 5.49 Å². The third-order valence-corrected chi connectivity index (χ3v) is 4.23. The van der Waals surface area contributed by atoms with Crippen molar-refractivity contribution >= 4 is 5.97 Å². The minimum Gasteiger partial charge on any atom is -0.466 e. The summed E-state index contributed by atoms with van der Waals surface area (Å²) >= 11 is 0. The Balaban J connectivity index is 2.08. The van der Waals surface area contributed by atoms with Crippen LogP contribution in [0.15, 0.2) is 30.3 Å². The molecule has 1 aromatic heterocycles. The van der Waals surface area contributed by atoms with Crippen molar-refractivity contribution in [1.29, 1.82) is 10.7 Å². The Kier molecular flexibility index (Phi) is 4.43. The second-order valence-corrected chi connectivity index (χ2v) is 5.70. The van der Waals surface area contributed by atoms with Gasteiger partial charge in [0.05, 0.1) is 23.9 Å². The maximum Gasteiger partial charge on any atom is 0.309 e. The average Bonchev–Trinajstić information content (AvgIpc) is 2.62. The number of esters is 1. The maximum atomic E-state index is 12.0. The smallest absolute Gasteiger partial charge is 0.309 e. The summed E-state index contributed by atoms with van der Waals surface area (Å²) < 4.78 is 6.58. The van der Waals surface area contributed by atoms with Crippen LogP contribution >= 0.6 is 0 Å². The number of para-hydroxylation sites is 1. The van der Waals surface area contributed by atoms with Gasteiger partial charge in [-0.25, -0.2) is 4.68 Å². The molecule has 1 atom stereocenters. The third-order valence-electron chi connectivity index (χ3n) is 4.23. The van der Waals surface area contributed by atoms with Crippen LogP contribution in [0.4, 0.5) is 0 Å². The Morgan fingerprint density at radius 3 is 2.88 bits per heavy atom. The number of hydrogen-bond acceptors (Lipinski definition) is 5. The molecule has 3 rings (SSSR count). The van der Waals surface area contributed by atoms with Crippen molar-refractivity contribution in [3.8, 4) is 11.8 Å². The number of carbonyl (C=O) groups is 1. The Hall–Kier alpha value is -2.94. The van der Waals surface area contributed by atoms with E-state index in [1.807, 2.05) is 30.3 Å². The van der Waals surface area contributed by atoms with Crippen molar-refractivity contribution in [1.82, 2.24) is 9.78 Å². The van der Waals surface area contributed by atoms with Crippen molar-refractivity contribution in [2.45, 2.75) is 26.2 Å². The monoisotopic (exact) mass is 322 g/mol. The molecule has 6 nitrogen and oxygen atoms in total. The quantitative estimate of drug-likeness (QED) is 0.874. The summed E-state index contributed by atoms with van der Waals surface area (Å²) in [5.74, 6) is -0.457. The lowest BCUT2D eigenvalue weighted by Crippen LogP contribution is -2.33. The highest BCUT2D eigenvalue weighted by molar-refractivity contribution is 5.73. The van der Waals surface area contributed by atoms with E-state index in [-0.39, 0.29) is 17.4 Å². The fourth-order valence-electron chi connectivity index (χ4n) is 3.05. The summed E-state index contributed by atoms with van der Waals surface area (Å²) in [6, 6.07) is 11.4. The van der Waals surface area contributed by atoms with E-state index in [4.69, 9.17) is 10.1 Å². The Bertz CT molecular complexity index is 865. The number of nitriles is 1. The number of benzene rings is 1. The minimum absolute atomic E-state index is 0.0806. The zero-order chi connectivity index (χ0) is 17.1. The number of hydrogen-bond donors (Lipinski definition) is 1. The van der Waals surface area contributed by atoms with Gasteiger partial charge in [-0.2, -0.15) is 10.4 Å². The standard InChI is InChI=1S/C18H18N4O2/c1-2-24-18(23)12-8-9-14-15(11-19)17(20)22(21-16(14)10-12)13-6-4-3-5-7-13/h3-7,12,20H,2,8-10H2,1H3. The summed E-state index contributed by atoms with van der Waals surface area (Å²) in [5.41, 5.74) is 2.63. The van der Waals surface area contributed by atoms with E-state index in [9.17, 15) is 10.1 Å². The first-order chi connectivity index (χ1) is 11.7. The van der Waals surface area contributed by atoms with E-state index in [2.05, 4.69) is 11.2 Å². The zero-order valence-electron chi connectivity index (χ0n) is 13.5. The van der Waals surface area contributed by atoms with E-state index in [1.165, 1.54) is 4.68 Å². The largest absolute Gasteiger partial charge is 0.466 e. The summed E-state index contributed by atoms with van der Waals surface area (Å²) in [6.45, 7) is 2.14. The van der Waals surface area contributed by atoms with Gasteiger partial charge in [0, 0.05) is 6.42 Å². The van der Waals surface area contributed by atoms with E-state index in [0.29, 0.717) is 37.1 Å². The molecule has 6 heteroatoms. The van der Waals surface area contributed by atoms with Crippen LogP contribution in [0.25, 0.3) is 5.69 Å². The third kappa shape index (κ3) is 2.81. The molecule has 1 aromatic carbocycles. The summed E-state index contributed by atoms with van der Waals surface area (Å²) in [6.07, 6.45) is 1.63. The summed E-state index contributed by atoms with van der Waals surface area (Å²) in [4.78, 5) is 12.0. The minimum atomic E-state index is -0.239. The van der Waals surface area contributed by atoms with Gasteiger partial charge < -0.3 is 4.74 Å². The van der Waals surface area contributed by atoms with Crippen molar-refractivity contribution in [2.24, 2.45) is 5.92 Å². The van der Waals surface area contributed by atoms with Crippen molar-refractivity contribution in [3.63, 3.8) is 0 Å². The first-order valence-corrected chi connectivity index (χ1v) is 7.97. The highest BCUT2D eigenvalue weighted by Crippen LogP contribution is 2.26. The fraction of sp³-hybridized carbons (Fsp3) is 0.333. The Labute approximate surface area is 139 Å². The molecule has 122 valence electrons. The van der Waals surface area contributed by atoms with Gasteiger partial charge in [0.2, 0.25) is 0 Å². The van der Waals surface area contributed by atoms with Crippen LogP contribution in [0.2, 0.25) is 0 Å². The van der Waals surface area contributed by atoms with Crippen molar-refractivity contribution in [3.05, 3.63) is 52.6 Å². The van der Waals surface area contributed by atoms with Gasteiger partial charge in [0.1, 0.15) is 11.6 Å². The first-order valence-electron chi connectivity index (χ1n) is 7.97. The lowest BCUT2D eigenvalue weighted by atomic mass is 9.85. The van der Waals surface area contributed by atoms with Gasteiger partial charge in [0.25, 0.3) is 0 Å². The molecule has 1 aliphatic carbocycles. The molecule has 0 radical (unpaired) electrons. The Morgan fingerprint density at radius 1 is 1.46 bits per heavy atom. The highest BCUT2D eigenvalue weighted by atomic mass is 16.5. The molecule has 0 fully saturated rings. The molecule has 2 aromatic rings. The second-order valence-electron chi connectivity index (χ2n) is 5.70. The SMILES string of the molecule is CCOC(=O)C1CCc2c(nn(-c3ccccc3)c(=N)c2C#N)C1. The Morgan fingerprint density at radius 2 is 2.21 bits per heavy atom. The number of nitrogens with one attached hydrogen (secondary N) is 1. The van der Waals surface area contributed by atoms with Crippen molar-refractivity contribution < 1.29 is 9.53 Å². The zero-order valence-corrected chi connectivity index (χ0v) is 13.5. The van der Waals surface area contributed by atoms with Gasteiger partial charge in [-0.1, -0.05) is 18.2 Å². The molecular weight excluding hydrogens is 304 g/mol. The molecule has 1 N–H and O–H groups in total. The molecule has 0 amide bonds. The number of fused-ring (bicyclic) bond motifs is 1. The molecule has 1 unspecified atom stereocenters. The van der Waals surface area contributed by atoms with E-state index in [1.54, 1.807) is 6.92 Å². The summed E-state index contributed by atoms with van der Waals surface area (Å²) in [5, 5.41) is 22.4.